The lowest BCUT2D eigenvalue weighted by Gasteiger charge is -2.31. The molecule has 13 heavy (non-hydrogen) atoms. The molecule has 0 bridgehead atoms. The Kier molecular flexibility index (Phi) is 3.31. The molecule has 1 atom stereocenters. The van der Waals surface area contributed by atoms with E-state index in [-0.39, 0.29) is 5.97 Å². The number of hydrogen-bond donors (Lipinski definition) is 1. The molecule has 1 aliphatic rings. The molecule has 1 fully saturated rings. The number of hydrogen-bond acceptors (Lipinski definition) is 3. The molecule has 1 aliphatic carbocycles. The predicted molar refractivity (Wildman–Crippen MR) is 51.2 cm³/mol. The number of esters is 1. The van der Waals surface area contributed by atoms with Crippen LogP contribution in [-0.4, -0.2) is 18.6 Å². The first-order valence-electron chi connectivity index (χ1n) is 5.02. The van der Waals surface area contributed by atoms with Crippen molar-refractivity contribution in [2.75, 3.05) is 7.11 Å². The van der Waals surface area contributed by atoms with Crippen LogP contribution >= 0.6 is 0 Å². The van der Waals surface area contributed by atoms with E-state index in [1.807, 2.05) is 6.92 Å². The summed E-state index contributed by atoms with van der Waals surface area (Å²) in [4.78, 5) is 11.5. The van der Waals surface area contributed by atoms with Gasteiger partial charge in [0.2, 0.25) is 0 Å². The molecule has 1 rings (SSSR count). The van der Waals surface area contributed by atoms with E-state index in [0.29, 0.717) is 12.3 Å². The summed E-state index contributed by atoms with van der Waals surface area (Å²) in [6, 6.07) is 0. The Morgan fingerprint density at radius 3 is 2.46 bits per heavy atom. The fraction of sp³-hybridized carbons (Fsp3) is 0.900. The van der Waals surface area contributed by atoms with Gasteiger partial charge in [0.25, 0.3) is 0 Å². The molecule has 0 aromatic carbocycles. The van der Waals surface area contributed by atoms with Crippen LogP contribution in [0.3, 0.4) is 0 Å². The van der Waals surface area contributed by atoms with Crippen LogP contribution in [0, 0.1) is 5.92 Å². The van der Waals surface area contributed by atoms with Gasteiger partial charge in [0.1, 0.15) is 5.54 Å². The van der Waals surface area contributed by atoms with Gasteiger partial charge in [0, 0.05) is 0 Å². The average Bonchev–Trinajstić information content (AvgIpc) is 2.68. The second-order valence-electron chi connectivity index (χ2n) is 3.87. The molecule has 0 amide bonds. The summed E-state index contributed by atoms with van der Waals surface area (Å²) in [5.41, 5.74) is 5.35. The van der Waals surface area contributed by atoms with Gasteiger partial charge in [-0.1, -0.05) is 19.8 Å². The summed E-state index contributed by atoms with van der Waals surface area (Å²) in [7, 11) is 1.41. The standard InChI is InChI=1S/C10H19NO2/c1-3-10(11,9(12)13-2)8-6-4-5-7-8/h8H,3-7,11H2,1-2H3/t10-/m0/s1. The molecule has 3 nitrogen and oxygen atoms in total. The molecular weight excluding hydrogens is 166 g/mol. The van der Waals surface area contributed by atoms with Crippen molar-refractivity contribution in [2.24, 2.45) is 11.7 Å². The predicted octanol–water partition coefficient (Wildman–Crippen LogP) is 1.46. The summed E-state index contributed by atoms with van der Waals surface area (Å²) >= 11 is 0. The van der Waals surface area contributed by atoms with Crippen molar-refractivity contribution in [3.8, 4) is 0 Å². The zero-order chi connectivity index (χ0) is 9.90. The minimum atomic E-state index is -0.731. The lowest BCUT2D eigenvalue weighted by atomic mass is 9.81. The molecule has 0 aromatic rings. The van der Waals surface area contributed by atoms with Gasteiger partial charge in [-0.05, 0) is 25.2 Å². The van der Waals surface area contributed by atoms with E-state index in [1.165, 1.54) is 20.0 Å². The summed E-state index contributed by atoms with van der Waals surface area (Å²) in [5.74, 6) is 0.0758. The monoisotopic (exact) mass is 185 g/mol. The second-order valence-corrected chi connectivity index (χ2v) is 3.87. The van der Waals surface area contributed by atoms with E-state index in [4.69, 9.17) is 10.5 Å². The van der Waals surface area contributed by atoms with Gasteiger partial charge in [-0.25, -0.2) is 0 Å². The van der Waals surface area contributed by atoms with E-state index in [9.17, 15) is 4.79 Å². The zero-order valence-electron chi connectivity index (χ0n) is 8.51. The van der Waals surface area contributed by atoms with E-state index < -0.39 is 5.54 Å². The van der Waals surface area contributed by atoms with E-state index >= 15 is 0 Å². The highest BCUT2D eigenvalue weighted by molar-refractivity contribution is 5.80. The summed E-state index contributed by atoms with van der Waals surface area (Å²) in [5, 5.41) is 0. The molecule has 0 unspecified atom stereocenters. The molecule has 2 N–H and O–H groups in total. The first-order valence-corrected chi connectivity index (χ1v) is 5.02. The molecule has 1 saturated carbocycles. The molecule has 0 aliphatic heterocycles. The maximum atomic E-state index is 11.5. The number of carbonyl (C=O) groups excluding carboxylic acids is 1. The molecule has 3 heteroatoms. The van der Waals surface area contributed by atoms with Crippen LogP contribution in [0.25, 0.3) is 0 Å². The Morgan fingerprint density at radius 2 is 2.08 bits per heavy atom. The van der Waals surface area contributed by atoms with Gasteiger partial charge in [0.05, 0.1) is 7.11 Å². The highest BCUT2D eigenvalue weighted by Crippen LogP contribution is 2.35. The summed E-state index contributed by atoms with van der Waals surface area (Å²) < 4.78 is 4.75. The van der Waals surface area contributed by atoms with Crippen molar-refractivity contribution >= 4 is 5.97 Å². The fourth-order valence-electron chi connectivity index (χ4n) is 2.23. The third-order valence-electron chi connectivity index (χ3n) is 3.23. The molecule has 0 spiro atoms. The maximum Gasteiger partial charge on any atom is 0.326 e. The van der Waals surface area contributed by atoms with Crippen molar-refractivity contribution in [3.05, 3.63) is 0 Å². The van der Waals surface area contributed by atoms with Crippen molar-refractivity contribution in [3.63, 3.8) is 0 Å². The summed E-state index contributed by atoms with van der Waals surface area (Å²) in [6.07, 6.45) is 5.20. The van der Waals surface area contributed by atoms with Crippen molar-refractivity contribution in [1.29, 1.82) is 0 Å². The number of ether oxygens (including phenoxy) is 1. The number of rotatable bonds is 3. The van der Waals surface area contributed by atoms with Crippen molar-refractivity contribution in [1.82, 2.24) is 0 Å². The van der Waals surface area contributed by atoms with Crippen molar-refractivity contribution in [2.45, 2.75) is 44.6 Å². The van der Waals surface area contributed by atoms with Gasteiger partial charge in [-0.15, -0.1) is 0 Å². The molecule has 0 radical (unpaired) electrons. The number of nitrogens with two attached hydrogens (primary N) is 1. The van der Waals surface area contributed by atoms with Crippen LogP contribution in [-0.2, 0) is 9.53 Å². The minimum Gasteiger partial charge on any atom is -0.468 e. The van der Waals surface area contributed by atoms with E-state index in [2.05, 4.69) is 0 Å². The van der Waals surface area contributed by atoms with Gasteiger partial charge in [-0.3, -0.25) is 4.79 Å². The first-order chi connectivity index (χ1) is 6.15. The number of carbonyl (C=O) groups is 1. The van der Waals surface area contributed by atoms with Crippen LogP contribution < -0.4 is 5.73 Å². The van der Waals surface area contributed by atoms with Crippen molar-refractivity contribution < 1.29 is 9.53 Å². The Balaban J connectivity index is 2.72. The lowest BCUT2D eigenvalue weighted by Crippen LogP contribution is -2.53. The van der Waals surface area contributed by atoms with Gasteiger partial charge in [0.15, 0.2) is 0 Å². The number of methoxy groups -OCH3 is 1. The summed E-state index contributed by atoms with van der Waals surface area (Å²) in [6.45, 7) is 1.95. The normalized spacial score (nSPS) is 22.7. The fourth-order valence-corrected chi connectivity index (χ4v) is 2.23. The van der Waals surface area contributed by atoms with Crippen LogP contribution in [0.1, 0.15) is 39.0 Å². The van der Waals surface area contributed by atoms with Gasteiger partial charge >= 0.3 is 5.97 Å². The maximum absolute atomic E-state index is 11.5. The third-order valence-corrected chi connectivity index (χ3v) is 3.23. The van der Waals surface area contributed by atoms with Gasteiger partial charge in [-0.2, -0.15) is 0 Å². The minimum absolute atomic E-state index is 0.248. The average molecular weight is 185 g/mol. The molecule has 0 saturated heterocycles. The topological polar surface area (TPSA) is 52.3 Å². The quantitative estimate of drug-likeness (QED) is 0.677. The van der Waals surface area contributed by atoms with E-state index in [0.717, 1.165) is 12.8 Å². The van der Waals surface area contributed by atoms with Gasteiger partial charge < -0.3 is 10.5 Å². The van der Waals surface area contributed by atoms with Crippen LogP contribution in [0.4, 0.5) is 0 Å². The van der Waals surface area contributed by atoms with Crippen LogP contribution in [0.15, 0.2) is 0 Å². The zero-order valence-corrected chi connectivity index (χ0v) is 8.51. The van der Waals surface area contributed by atoms with Crippen LogP contribution in [0.5, 0.6) is 0 Å². The molecule has 76 valence electrons. The Morgan fingerprint density at radius 1 is 1.54 bits per heavy atom. The highest BCUT2D eigenvalue weighted by atomic mass is 16.5. The highest BCUT2D eigenvalue weighted by Gasteiger charge is 2.42. The molecular formula is C10H19NO2. The Labute approximate surface area is 79.6 Å². The SMILES string of the molecule is CC[C@@](N)(C(=O)OC)C1CCCC1. The van der Waals surface area contributed by atoms with E-state index in [1.54, 1.807) is 0 Å². The second kappa shape index (κ2) is 4.09. The Bertz CT molecular complexity index is 187. The molecule has 0 heterocycles. The lowest BCUT2D eigenvalue weighted by molar-refractivity contribution is -0.149. The molecule has 0 aromatic heterocycles. The smallest absolute Gasteiger partial charge is 0.326 e. The largest absolute Gasteiger partial charge is 0.468 e. The Hall–Kier alpha value is -0.570. The van der Waals surface area contributed by atoms with Crippen LogP contribution in [0.2, 0.25) is 0 Å². The third kappa shape index (κ3) is 1.85. The first kappa shape index (κ1) is 10.5.